The van der Waals surface area contributed by atoms with Gasteiger partial charge in [-0.15, -0.1) is 0 Å². The molecule has 0 aliphatic heterocycles. The zero-order valence-electron chi connectivity index (χ0n) is 15.7. The van der Waals surface area contributed by atoms with Crippen LogP contribution in [0.25, 0.3) is 0 Å². The van der Waals surface area contributed by atoms with E-state index < -0.39 is 11.0 Å². The average molecular weight is 408 g/mol. The van der Waals surface area contributed by atoms with Crippen molar-refractivity contribution in [1.82, 2.24) is 10.3 Å². The molecule has 10 nitrogen and oxygen atoms in total. The highest BCUT2D eigenvalue weighted by Gasteiger charge is 2.10. The Balaban J connectivity index is 1.58. The van der Waals surface area contributed by atoms with Crippen LogP contribution in [-0.2, 0) is 0 Å². The van der Waals surface area contributed by atoms with Gasteiger partial charge in [-0.1, -0.05) is 0 Å². The van der Waals surface area contributed by atoms with Crippen LogP contribution in [0.5, 0.6) is 17.2 Å². The van der Waals surface area contributed by atoms with Crippen molar-refractivity contribution in [2.45, 2.75) is 0 Å². The van der Waals surface area contributed by atoms with E-state index in [1.807, 2.05) is 0 Å². The van der Waals surface area contributed by atoms with E-state index in [1.54, 1.807) is 30.3 Å². The van der Waals surface area contributed by atoms with Gasteiger partial charge in [0.05, 0.1) is 4.92 Å². The molecule has 10 heteroatoms. The Kier molecular flexibility index (Phi) is 6.18. The fourth-order valence-corrected chi connectivity index (χ4v) is 2.36. The number of amides is 2. The summed E-state index contributed by atoms with van der Waals surface area (Å²) in [6.45, 7) is 0. The number of rotatable bonds is 6. The number of nitro groups is 1. The number of anilines is 1. The third-order valence-electron chi connectivity index (χ3n) is 3.79. The summed E-state index contributed by atoms with van der Waals surface area (Å²) in [4.78, 5) is 37.6. The highest BCUT2D eigenvalue weighted by Crippen LogP contribution is 2.24. The number of nitro benzene ring substituents is 1. The minimum absolute atomic E-state index is 0.102. The van der Waals surface area contributed by atoms with Gasteiger partial charge in [-0.3, -0.25) is 25.2 Å². The van der Waals surface area contributed by atoms with Gasteiger partial charge >= 0.3 is 6.09 Å². The van der Waals surface area contributed by atoms with Crippen molar-refractivity contribution in [2.24, 2.45) is 0 Å². The Labute approximate surface area is 170 Å². The number of pyridine rings is 1. The predicted molar refractivity (Wildman–Crippen MR) is 107 cm³/mol. The van der Waals surface area contributed by atoms with Crippen LogP contribution in [0.1, 0.15) is 10.5 Å². The maximum absolute atomic E-state index is 12.0. The van der Waals surface area contributed by atoms with Gasteiger partial charge in [-0.2, -0.15) is 0 Å². The van der Waals surface area contributed by atoms with E-state index in [0.717, 1.165) is 0 Å². The number of nitrogens with one attached hydrogen (secondary N) is 2. The quantitative estimate of drug-likeness (QED) is 0.469. The molecule has 0 fully saturated rings. The Morgan fingerprint density at radius 1 is 0.967 bits per heavy atom. The first-order chi connectivity index (χ1) is 14.4. The largest absolute Gasteiger partial charge is 0.457 e. The van der Waals surface area contributed by atoms with E-state index in [4.69, 9.17) is 9.47 Å². The third-order valence-corrected chi connectivity index (χ3v) is 3.79. The Morgan fingerprint density at radius 3 is 2.27 bits per heavy atom. The maximum atomic E-state index is 12.0. The molecule has 3 aromatic rings. The lowest BCUT2D eigenvalue weighted by Gasteiger charge is -2.09. The maximum Gasteiger partial charge on any atom is 0.417 e. The number of hydrogen-bond acceptors (Lipinski definition) is 7. The second-order valence-corrected chi connectivity index (χ2v) is 5.85. The van der Waals surface area contributed by atoms with E-state index in [1.165, 1.54) is 43.6 Å². The number of ether oxygens (including phenoxy) is 2. The molecule has 2 N–H and O–H groups in total. The Hall–Kier alpha value is -4.47. The molecule has 30 heavy (non-hydrogen) atoms. The topological polar surface area (TPSA) is 133 Å². The third kappa shape index (κ3) is 5.29. The lowest BCUT2D eigenvalue weighted by molar-refractivity contribution is -0.384. The van der Waals surface area contributed by atoms with E-state index in [0.29, 0.717) is 17.2 Å². The zero-order chi connectivity index (χ0) is 21.5. The molecule has 0 radical (unpaired) electrons. The van der Waals surface area contributed by atoms with E-state index in [2.05, 4.69) is 15.6 Å². The molecule has 0 saturated heterocycles. The van der Waals surface area contributed by atoms with Crippen LogP contribution in [0.4, 0.5) is 16.2 Å². The molecular formula is C20H16N4O6. The van der Waals surface area contributed by atoms with Gasteiger partial charge in [-0.05, 0) is 42.5 Å². The van der Waals surface area contributed by atoms with E-state index in [-0.39, 0.29) is 23.0 Å². The summed E-state index contributed by atoms with van der Waals surface area (Å²) < 4.78 is 10.8. The van der Waals surface area contributed by atoms with Crippen LogP contribution in [0, 0.1) is 10.1 Å². The standard InChI is InChI=1S/C20H16N4O6/c1-21-19(25)18-12-17(10-11-22-18)29-15-6-2-13(3-7-15)23-20(26)30-16-8-4-14(5-9-16)24(27)28/h2-12H,1H3,(H,21,25)(H,23,26). The van der Waals surface area contributed by atoms with Gasteiger partial charge in [0.25, 0.3) is 11.6 Å². The van der Waals surface area contributed by atoms with E-state index >= 15 is 0 Å². The molecule has 0 atom stereocenters. The molecule has 2 aromatic carbocycles. The fourth-order valence-electron chi connectivity index (χ4n) is 2.36. The van der Waals surface area contributed by atoms with Gasteiger partial charge in [0, 0.05) is 37.1 Å². The van der Waals surface area contributed by atoms with Crippen LogP contribution < -0.4 is 20.1 Å². The molecule has 1 aromatic heterocycles. The smallest absolute Gasteiger partial charge is 0.417 e. The molecule has 0 aliphatic carbocycles. The summed E-state index contributed by atoms with van der Waals surface area (Å²) >= 11 is 0. The summed E-state index contributed by atoms with van der Waals surface area (Å²) in [5.41, 5.74) is 0.576. The molecule has 0 aliphatic rings. The summed E-state index contributed by atoms with van der Waals surface area (Å²) in [7, 11) is 1.51. The van der Waals surface area contributed by atoms with Gasteiger partial charge in [-0.25, -0.2) is 4.79 Å². The van der Waals surface area contributed by atoms with Crippen LogP contribution >= 0.6 is 0 Å². The summed E-state index contributed by atoms with van der Waals surface area (Å²) in [6.07, 6.45) is 0.714. The minimum Gasteiger partial charge on any atom is -0.457 e. The number of carbonyl (C=O) groups is 2. The molecule has 0 saturated carbocycles. The number of nitrogens with zero attached hydrogens (tertiary/aromatic N) is 2. The number of aromatic nitrogens is 1. The normalized spacial score (nSPS) is 10.0. The zero-order valence-corrected chi connectivity index (χ0v) is 15.7. The minimum atomic E-state index is -0.748. The first kappa shape index (κ1) is 20.3. The van der Waals surface area contributed by atoms with Crippen LogP contribution in [-0.4, -0.2) is 29.0 Å². The lowest BCUT2D eigenvalue weighted by Crippen LogP contribution is -2.18. The number of non-ortho nitro benzene ring substituents is 1. The van der Waals surface area contributed by atoms with Gasteiger partial charge in [0.1, 0.15) is 22.9 Å². The van der Waals surface area contributed by atoms with Crippen molar-refractivity contribution in [1.29, 1.82) is 0 Å². The SMILES string of the molecule is CNC(=O)c1cc(Oc2ccc(NC(=O)Oc3ccc([N+](=O)[O-])cc3)cc2)ccn1. The van der Waals surface area contributed by atoms with Crippen molar-refractivity contribution in [3.05, 3.63) is 82.7 Å². The average Bonchev–Trinajstić information content (AvgIpc) is 2.75. The number of benzene rings is 2. The van der Waals surface area contributed by atoms with Crippen molar-refractivity contribution < 1.29 is 24.0 Å². The summed E-state index contributed by atoms with van der Waals surface area (Å²) in [5.74, 6) is 0.759. The molecule has 0 bridgehead atoms. The fraction of sp³-hybridized carbons (Fsp3) is 0.0500. The molecule has 1 heterocycles. The monoisotopic (exact) mass is 408 g/mol. The predicted octanol–water partition coefficient (Wildman–Crippen LogP) is 3.75. The second kappa shape index (κ2) is 9.15. The molecule has 152 valence electrons. The first-order valence-electron chi connectivity index (χ1n) is 8.64. The number of carbonyl (C=O) groups excluding carboxylic acids is 2. The van der Waals surface area contributed by atoms with E-state index in [9.17, 15) is 19.7 Å². The lowest BCUT2D eigenvalue weighted by atomic mass is 10.3. The molecule has 3 rings (SSSR count). The van der Waals surface area contributed by atoms with Gasteiger partial charge in [0.2, 0.25) is 0 Å². The summed E-state index contributed by atoms with van der Waals surface area (Å²) in [5, 5.41) is 15.7. The van der Waals surface area contributed by atoms with Crippen LogP contribution in [0.3, 0.4) is 0 Å². The van der Waals surface area contributed by atoms with Crippen molar-refractivity contribution in [3.8, 4) is 17.2 Å². The Bertz CT molecular complexity index is 1070. The molecule has 0 spiro atoms. The molecular weight excluding hydrogens is 392 g/mol. The second-order valence-electron chi connectivity index (χ2n) is 5.85. The Morgan fingerprint density at radius 2 is 1.63 bits per heavy atom. The first-order valence-corrected chi connectivity index (χ1v) is 8.64. The molecule has 0 unspecified atom stereocenters. The summed E-state index contributed by atoms with van der Waals surface area (Å²) in [6, 6.07) is 14.7. The van der Waals surface area contributed by atoms with Crippen molar-refractivity contribution >= 4 is 23.4 Å². The number of hydrogen-bond donors (Lipinski definition) is 2. The molecule has 2 amide bonds. The van der Waals surface area contributed by atoms with Crippen molar-refractivity contribution in [2.75, 3.05) is 12.4 Å². The van der Waals surface area contributed by atoms with Crippen molar-refractivity contribution in [3.63, 3.8) is 0 Å². The highest BCUT2D eigenvalue weighted by atomic mass is 16.6. The van der Waals surface area contributed by atoms with Gasteiger partial charge < -0.3 is 14.8 Å². The van der Waals surface area contributed by atoms with Crippen LogP contribution in [0.2, 0.25) is 0 Å². The highest BCUT2D eigenvalue weighted by molar-refractivity contribution is 5.92. The van der Waals surface area contributed by atoms with Crippen LogP contribution in [0.15, 0.2) is 66.9 Å². The van der Waals surface area contributed by atoms with Gasteiger partial charge in [0.15, 0.2) is 0 Å².